The van der Waals surface area contributed by atoms with Gasteiger partial charge in [0.05, 0.1) is 18.7 Å². The number of hydrogen-bond acceptors (Lipinski definition) is 2. The molecule has 0 spiro atoms. The van der Waals surface area contributed by atoms with Crippen molar-refractivity contribution in [2.75, 3.05) is 7.11 Å². The molecule has 0 saturated carbocycles. The second kappa shape index (κ2) is 3.52. The minimum atomic E-state index is -0.192. The number of aryl methyl sites for hydroxylation is 1. The van der Waals surface area contributed by atoms with Crippen molar-refractivity contribution in [1.82, 2.24) is 4.57 Å². The quantitative estimate of drug-likeness (QED) is 0.792. The van der Waals surface area contributed by atoms with Crippen molar-refractivity contribution in [2.24, 2.45) is 0 Å². The Balaban J connectivity index is 2.26. The highest BCUT2D eigenvalue weighted by atomic mass is 16.5. The summed E-state index contributed by atoms with van der Waals surface area (Å²) in [6.45, 7) is 0.875. The van der Waals surface area contributed by atoms with Crippen LogP contribution < -0.4 is 4.74 Å². The lowest BCUT2D eigenvalue weighted by Gasteiger charge is -2.21. The minimum absolute atomic E-state index is 0.192. The number of fused-ring (bicyclic) bond motifs is 3. The molecular weight excluding hydrogens is 202 g/mol. The number of ether oxygens (including phenoxy) is 1. The van der Waals surface area contributed by atoms with Gasteiger partial charge in [-0.1, -0.05) is 12.1 Å². The zero-order valence-corrected chi connectivity index (χ0v) is 9.31. The summed E-state index contributed by atoms with van der Waals surface area (Å²) in [5.41, 5.74) is 2.37. The highest BCUT2D eigenvalue weighted by Gasteiger charge is 2.20. The van der Waals surface area contributed by atoms with Crippen LogP contribution in [0, 0.1) is 0 Å². The van der Waals surface area contributed by atoms with Crippen LogP contribution in [0.25, 0.3) is 10.9 Å². The molecule has 16 heavy (non-hydrogen) atoms. The highest BCUT2D eigenvalue weighted by molar-refractivity contribution is 5.87. The van der Waals surface area contributed by atoms with Crippen LogP contribution in [0.4, 0.5) is 0 Å². The van der Waals surface area contributed by atoms with Crippen molar-refractivity contribution < 1.29 is 9.84 Å². The molecule has 3 heteroatoms. The Bertz CT molecular complexity index is 530. The van der Waals surface area contributed by atoms with E-state index in [9.17, 15) is 5.11 Å². The van der Waals surface area contributed by atoms with E-state index in [0.29, 0.717) is 0 Å². The maximum absolute atomic E-state index is 9.66. The number of benzene rings is 1. The molecule has 1 aliphatic heterocycles. The van der Waals surface area contributed by atoms with Gasteiger partial charge in [-0.25, -0.2) is 0 Å². The fourth-order valence-corrected chi connectivity index (χ4v) is 2.56. The summed E-state index contributed by atoms with van der Waals surface area (Å²) in [5, 5.41) is 10.9. The summed E-state index contributed by atoms with van der Waals surface area (Å²) in [4.78, 5) is 0. The number of para-hydroxylation sites is 1. The third kappa shape index (κ3) is 1.32. The van der Waals surface area contributed by atoms with Gasteiger partial charge >= 0.3 is 0 Å². The molecule has 1 aromatic heterocycles. The molecule has 2 heterocycles. The lowest BCUT2D eigenvalue weighted by molar-refractivity contribution is 0.144. The number of methoxy groups -OCH3 is 1. The van der Waals surface area contributed by atoms with Crippen molar-refractivity contribution in [2.45, 2.75) is 25.5 Å². The van der Waals surface area contributed by atoms with Gasteiger partial charge in [0.25, 0.3) is 0 Å². The number of nitrogens with zero attached hydrogens (tertiary/aromatic N) is 1. The molecule has 0 saturated heterocycles. The number of hydrogen-bond donors (Lipinski definition) is 1. The van der Waals surface area contributed by atoms with Gasteiger partial charge in [-0.15, -0.1) is 0 Å². The summed E-state index contributed by atoms with van der Waals surface area (Å²) in [6, 6.07) is 8.24. The number of aliphatic hydroxyl groups is 1. The van der Waals surface area contributed by atoms with Gasteiger partial charge in [0.15, 0.2) is 0 Å². The Morgan fingerprint density at radius 3 is 3.12 bits per heavy atom. The first-order valence-electron chi connectivity index (χ1n) is 5.63. The summed E-state index contributed by atoms with van der Waals surface area (Å²) >= 11 is 0. The SMILES string of the molecule is COc1cccc2cc3n(c12)CCC(O)C3. The van der Waals surface area contributed by atoms with Crippen molar-refractivity contribution in [3.05, 3.63) is 30.0 Å². The van der Waals surface area contributed by atoms with E-state index >= 15 is 0 Å². The smallest absolute Gasteiger partial charge is 0.143 e. The van der Waals surface area contributed by atoms with E-state index in [-0.39, 0.29) is 6.10 Å². The molecule has 3 nitrogen and oxygen atoms in total. The highest BCUT2D eigenvalue weighted by Crippen LogP contribution is 2.31. The molecular formula is C13H15NO2. The molecule has 1 unspecified atom stereocenters. The van der Waals surface area contributed by atoms with E-state index in [2.05, 4.69) is 16.7 Å². The van der Waals surface area contributed by atoms with Gasteiger partial charge in [-0.3, -0.25) is 0 Å². The zero-order valence-electron chi connectivity index (χ0n) is 9.31. The maximum Gasteiger partial charge on any atom is 0.143 e. The largest absolute Gasteiger partial charge is 0.495 e. The Labute approximate surface area is 94.3 Å². The van der Waals surface area contributed by atoms with Crippen LogP contribution in [0.1, 0.15) is 12.1 Å². The second-order valence-corrected chi connectivity index (χ2v) is 4.33. The summed E-state index contributed by atoms with van der Waals surface area (Å²) in [7, 11) is 1.70. The first kappa shape index (κ1) is 9.73. The van der Waals surface area contributed by atoms with Gasteiger partial charge < -0.3 is 14.4 Å². The molecule has 0 aliphatic carbocycles. The summed E-state index contributed by atoms with van der Waals surface area (Å²) in [5.74, 6) is 0.917. The van der Waals surface area contributed by atoms with E-state index in [1.807, 2.05) is 12.1 Å². The Morgan fingerprint density at radius 2 is 2.31 bits per heavy atom. The van der Waals surface area contributed by atoms with Crippen LogP contribution in [-0.4, -0.2) is 22.9 Å². The van der Waals surface area contributed by atoms with Crippen molar-refractivity contribution in [3.8, 4) is 5.75 Å². The van der Waals surface area contributed by atoms with Crippen molar-refractivity contribution in [3.63, 3.8) is 0 Å². The first-order chi connectivity index (χ1) is 7.79. The standard InChI is InChI=1S/C13H15NO2/c1-16-12-4-2-3-9-7-10-8-11(15)5-6-14(10)13(9)12/h2-4,7,11,15H,5-6,8H2,1H3. The molecule has 1 atom stereocenters. The normalized spacial score (nSPS) is 19.8. The van der Waals surface area contributed by atoms with Crippen LogP contribution in [0.3, 0.4) is 0 Å². The zero-order chi connectivity index (χ0) is 11.1. The predicted molar refractivity (Wildman–Crippen MR) is 62.8 cm³/mol. The molecule has 0 bridgehead atoms. The topological polar surface area (TPSA) is 34.4 Å². The Hall–Kier alpha value is -1.48. The molecule has 0 amide bonds. The monoisotopic (exact) mass is 217 g/mol. The molecule has 84 valence electrons. The van der Waals surface area contributed by atoms with Crippen LogP contribution in [-0.2, 0) is 13.0 Å². The summed E-state index contributed by atoms with van der Waals surface area (Å²) < 4.78 is 7.66. The average molecular weight is 217 g/mol. The lowest BCUT2D eigenvalue weighted by atomic mass is 10.1. The van der Waals surface area contributed by atoms with E-state index in [1.165, 1.54) is 11.1 Å². The molecule has 1 N–H and O–H groups in total. The Morgan fingerprint density at radius 1 is 1.44 bits per heavy atom. The van der Waals surface area contributed by atoms with Crippen LogP contribution >= 0.6 is 0 Å². The third-order valence-corrected chi connectivity index (χ3v) is 3.32. The van der Waals surface area contributed by atoms with Gasteiger partial charge in [-0.2, -0.15) is 0 Å². The van der Waals surface area contributed by atoms with E-state index < -0.39 is 0 Å². The number of aliphatic hydroxyl groups excluding tert-OH is 1. The molecule has 1 aromatic carbocycles. The predicted octanol–water partition coefficient (Wildman–Crippen LogP) is 1.96. The second-order valence-electron chi connectivity index (χ2n) is 4.33. The van der Waals surface area contributed by atoms with Gasteiger partial charge in [-0.05, 0) is 18.6 Å². The van der Waals surface area contributed by atoms with Gasteiger partial charge in [0, 0.05) is 24.0 Å². The number of aromatic nitrogens is 1. The summed E-state index contributed by atoms with van der Waals surface area (Å²) in [6.07, 6.45) is 1.38. The molecule has 3 rings (SSSR count). The minimum Gasteiger partial charge on any atom is -0.495 e. The van der Waals surface area contributed by atoms with Crippen molar-refractivity contribution >= 4 is 10.9 Å². The van der Waals surface area contributed by atoms with E-state index in [4.69, 9.17) is 4.74 Å². The maximum atomic E-state index is 9.66. The fourth-order valence-electron chi connectivity index (χ4n) is 2.56. The number of rotatable bonds is 1. The molecule has 2 aromatic rings. The van der Waals surface area contributed by atoms with E-state index in [0.717, 1.165) is 30.7 Å². The van der Waals surface area contributed by atoms with Gasteiger partial charge in [0.2, 0.25) is 0 Å². The lowest BCUT2D eigenvalue weighted by Crippen LogP contribution is -2.22. The Kier molecular flexibility index (Phi) is 2.14. The van der Waals surface area contributed by atoms with Crippen molar-refractivity contribution in [1.29, 1.82) is 0 Å². The first-order valence-corrected chi connectivity index (χ1v) is 5.63. The third-order valence-electron chi connectivity index (χ3n) is 3.32. The molecule has 1 aliphatic rings. The average Bonchev–Trinajstić information content (AvgIpc) is 2.65. The molecule has 0 fully saturated rings. The van der Waals surface area contributed by atoms with Crippen LogP contribution in [0.15, 0.2) is 24.3 Å². The van der Waals surface area contributed by atoms with Crippen LogP contribution in [0.5, 0.6) is 5.75 Å². The van der Waals surface area contributed by atoms with Gasteiger partial charge in [0.1, 0.15) is 5.75 Å². The van der Waals surface area contributed by atoms with E-state index in [1.54, 1.807) is 7.11 Å². The molecule has 0 radical (unpaired) electrons. The van der Waals surface area contributed by atoms with Crippen LogP contribution in [0.2, 0.25) is 0 Å². The fraction of sp³-hybridized carbons (Fsp3) is 0.385.